The van der Waals surface area contributed by atoms with Crippen molar-refractivity contribution in [2.45, 2.75) is 0 Å². The number of amidine groups is 1. The molecular weight excluding hydrogens is 224 g/mol. The lowest BCUT2D eigenvalue weighted by molar-refractivity contribution is 0.900. The first-order chi connectivity index (χ1) is 8.69. The molecule has 0 heterocycles. The number of hydrogen-bond donors (Lipinski definition) is 4. The van der Waals surface area contributed by atoms with E-state index in [1.54, 1.807) is 7.05 Å². The van der Waals surface area contributed by atoms with Crippen molar-refractivity contribution in [2.75, 3.05) is 7.05 Å². The van der Waals surface area contributed by atoms with Gasteiger partial charge in [0.25, 0.3) is 0 Å². The molecule has 0 unspecified atom stereocenters. The lowest BCUT2D eigenvalue weighted by atomic mass is 10.0. The van der Waals surface area contributed by atoms with Crippen LogP contribution in [0.4, 0.5) is 0 Å². The first-order valence-corrected chi connectivity index (χ1v) is 5.56. The minimum atomic E-state index is 0.104. The Labute approximate surface area is 107 Å². The van der Waals surface area contributed by atoms with E-state index < -0.39 is 0 Å². The maximum absolute atomic E-state index is 7.37. The zero-order valence-electron chi connectivity index (χ0n) is 10.4. The van der Waals surface area contributed by atoms with Gasteiger partial charge in [-0.3, -0.25) is 16.7 Å². The molecule has 18 heavy (non-hydrogen) atoms. The molecule has 0 bridgehead atoms. The van der Waals surface area contributed by atoms with Crippen molar-refractivity contribution in [1.82, 2.24) is 5.43 Å². The molecule has 0 aliphatic rings. The number of nitrogens with two attached hydrogens (primary N) is 2. The summed E-state index contributed by atoms with van der Waals surface area (Å²) < 4.78 is 0. The number of rotatable bonds is 2. The summed E-state index contributed by atoms with van der Waals surface area (Å²) in [4.78, 5) is 0. The molecule has 0 aromatic heterocycles. The summed E-state index contributed by atoms with van der Waals surface area (Å²) in [5.74, 6) is 4.70. The summed E-state index contributed by atoms with van der Waals surface area (Å²) >= 11 is 0. The van der Waals surface area contributed by atoms with Crippen LogP contribution in [0.5, 0.6) is 0 Å². The Bertz CT molecular complexity index is 494. The van der Waals surface area contributed by atoms with Crippen molar-refractivity contribution >= 4 is 5.84 Å². The average Bonchev–Trinajstić information content (AvgIpc) is 2.41. The van der Waals surface area contributed by atoms with Crippen LogP contribution in [0.15, 0.2) is 54.6 Å². The molecular formula is C14H18N4. The molecule has 4 nitrogen and oxygen atoms in total. The van der Waals surface area contributed by atoms with Crippen molar-refractivity contribution < 1.29 is 0 Å². The smallest absolute Gasteiger partial charge is 0.122 e. The number of hydrazine groups is 1. The predicted octanol–water partition coefficient (Wildman–Crippen LogP) is 1.72. The van der Waals surface area contributed by atoms with Gasteiger partial charge in [-0.1, -0.05) is 48.5 Å². The number of hydrogen-bond acceptors (Lipinski definition) is 3. The molecule has 6 N–H and O–H groups in total. The summed E-state index contributed by atoms with van der Waals surface area (Å²) in [6.07, 6.45) is 0. The quantitative estimate of drug-likeness (QED) is 0.280. The van der Waals surface area contributed by atoms with Crippen LogP contribution in [-0.4, -0.2) is 12.9 Å². The predicted molar refractivity (Wildman–Crippen MR) is 76.1 cm³/mol. The third-order valence-corrected chi connectivity index (χ3v) is 2.28. The van der Waals surface area contributed by atoms with Gasteiger partial charge in [0, 0.05) is 5.56 Å². The molecule has 0 spiro atoms. The van der Waals surface area contributed by atoms with E-state index in [9.17, 15) is 0 Å². The summed E-state index contributed by atoms with van der Waals surface area (Å²) in [6.45, 7) is 0. The molecule has 0 aliphatic carbocycles. The van der Waals surface area contributed by atoms with Gasteiger partial charge in [-0.2, -0.15) is 0 Å². The minimum Gasteiger partial charge on any atom is -0.384 e. The van der Waals surface area contributed by atoms with Gasteiger partial charge in [0.2, 0.25) is 0 Å². The van der Waals surface area contributed by atoms with Gasteiger partial charge >= 0.3 is 0 Å². The molecule has 2 rings (SSSR count). The maximum atomic E-state index is 7.37. The lowest BCUT2D eigenvalue weighted by Gasteiger charge is -2.03. The van der Waals surface area contributed by atoms with Crippen LogP contribution in [0.1, 0.15) is 5.56 Å². The summed E-state index contributed by atoms with van der Waals surface area (Å²) in [5, 5.41) is 7.37. The van der Waals surface area contributed by atoms with Crippen LogP contribution in [-0.2, 0) is 0 Å². The van der Waals surface area contributed by atoms with Crippen LogP contribution in [0.3, 0.4) is 0 Å². The molecule has 0 saturated carbocycles. The van der Waals surface area contributed by atoms with Gasteiger partial charge in [-0.15, -0.1) is 0 Å². The van der Waals surface area contributed by atoms with Crippen molar-refractivity contribution in [3.63, 3.8) is 0 Å². The zero-order valence-corrected chi connectivity index (χ0v) is 10.4. The molecule has 0 atom stereocenters. The highest BCUT2D eigenvalue weighted by Gasteiger charge is 1.99. The third kappa shape index (κ3) is 4.01. The van der Waals surface area contributed by atoms with Gasteiger partial charge < -0.3 is 5.73 Å². The lowest BCUT2D eigenvalue weighted by Crippen LogP contribution is -2.13. The third-order valence-electron chi connectivity index (χ3n) is 2.28. The number of nitrogen functional groups attached to an aromatic ring is 1. The highest BCUT2D eigenvalue weighted by Crippen LogP contribution is 2.19. The maximum Gasteiger partial charge on any atom is 0.122 e. The normalized spacial score (nSPS) is 9.22. The van der Waals surface area contributed by atoms with Crippen molar-refractivity contribution in [3.8, 4) is 11.1 Å². The number of nitrogens with one attached hydrogen (secondary N) is 2. The van der Waals surface area contributed by atoms with E-state index >= 15 is 0 Å². The fraction of sp³-hybridized carbons (Fsp3) is 0.0714. The van der Waals surface area contributed by atoms with E-state index in [-0.39, 0.29) is 5.84 Å². The molecule has 0 saturated heterocycles. The first-order valence-electron chi connectivity index (χ1n) is 5.56. The molecule has 0 radical (unpaired) electrons. The van der Waals surface area contributed by atoms with Gasteiger partial charge in [0.15, 0.2) is 0 Å². The molecule has 2 aromatic carbocycles. The second-order valence-corrected chi connectivity index (χ2v) is 3.65. The van der Waals surface area contributed by atoms with Crippen LogP contribution in [0, 0.1) is 5.41 Å². The molecule has 0 fully saturated rings. The van der Waals surface area contributed by atoms with E-state index in [1.807, 2.05) is 54.6 Å². The fourth-order valence-electron chi connectivity index (χ4n) is 1.50. The highest BCUT2D eigenvalue weighted by atomic mass is 15.2. The molecule has 0 aliphatic heterocycles. The van der Waals surface area contributed by atoms with E-state index in [1.165, 1.54) is 0 Å². The van der Waals surface area contributed by atoms with E-state index in [2.05, 4.69) is 11.3 Å². The van der Waals surface area contributed by atoms with Gasteiger partial charge in [0.1, 0.15) is 5.84 Å². The molecule has 0 amide bonds. The fourth-order valence-corrected chi connectivity index (χ4v) is 1.50. The van der Waals surface area contributed by atoms with Crippen LogP contribution in [0.25, 0.3) is 11.1 Å². The SMILES string of the molecule is CNN.N=C(N)c1cccc(-c2ccccc2)c1. The van der Waals surface area contributed by atoms with Gasteiger partial charge in [0.05, 0.1) is 0 Å². The molecule has 2 aromatic rings. The average molecular weight is 242 g/mol. The summed E-state index contributed by atoms with van der Waals surface area (Å²) in [5.41, 5.74) is 10.7. The standard InChI is InChI=1S/C13H12N2.CH6N2/c14-13(15)12-8-4-7-11(9-12)10-5-2-1-3-6-10;1-3-2/h1-9H,(H3,14,15);3H,2H2,1H3. The molecule has 94 valence electrons. The van der Waals surface area contributed by atoms with E-state index in [0.29, 0.717) is 0 Å². The second-order valence-electron chi connectivity index (χ2n) is 3.65. The van der Waals surface area contributed by atoms with E-state index in [4.69, 9.17) is 11.1 Å². The van der Waals surface area contributed by atoms with Crippen LogP contribution < -0.4 is 17.0 Å². The Hall–Kier alpha value is -2.17. The van der Waals surface area contributed by atoms with Crippen molar-refractivity contribution in [1.29, 1.82) is 5.41 Å². The van der Waals surface area contributed by atoms with Crippen molar-refractivity contribution in [2.24, 2.45) is 11.6 Å². The molecule has 4 heteroatoms. The Morgan fingerprint density at radius 2 is 1.56 bits per heavy atom. The summed E-state index contributed by atoms with van der Waals surface area (Å²) in [7, 11) is 1.65. The highest BCUT2D eigenvalue weighted by molar-refractivity contribution is 5.96. The monoisotopic (exact) mass is 242 g/mol. The van der Waals surface area contributed by atoms with Gasteiger partial charge in [-0.25, -0.2) is 0 Å². The Morgan fingerprint density at radius 3 is 2.11 bits per heavy atom. The van der Waals surface area contributed by atoms with E-state index in [0.717, 1.165) is 16.7 Å². The van der Waals surface area contributed by atoms with Crippen molar-refractivity contribution in [3.05, 3.63) is 60.2 Å². The Kier molecular flexibility index (Phi) is 5.57. The second kappa shape index (κ2) is 7.21. The summed E-state index contributed by atoms with van der Waals surface area (Å²) in [6, 6.07) is 17.8. The minimum absolute atomic E-state index is 0.104. The van der Waals surface area contributed by atoms with Gasteiger partial charge in [-0.05, 0) is 24.2 Å². The Balaban J connectivity index is 0.000000492. The largest absolute Gasteiger partial charge is 0.384 e. The topological polar surface area (TPSA) is 87.9 Å². The zero-order chi connectivity index (χ0) is 13.4. The van der Waals surface area contributed by atoms with Crippen LogP contribution in [0.2, 0.25) is 0 Å². The van der Waals surface area contributed by atoms with Crippen LogP contribution >= 0.6 is 0 Å². The number of benzene rings is 2. The Morgan fingerprint density at radius 1 is 1.00 bits per heavy atom. The first kappa shape index (κ1) is 13.9.